The van der Waals surface area contributed by atoms with Gasteiger partial charge >= 0.3 is 17.9 Å². The van der Waals surface area contributed by atoms with Gasteiger partial charge in [-0.25, -0.2) is 19.1 Å². The molecule has 6 rings (SSSR count). The molecule has 0 spiro atoms. The Morgan fingerprint density at radius 1 is 0.655 bits per heavy atom. The normalized spacial score (nSPS) is 10.7. The molecule has 278 valence electrons. The lowest BCUT2D eigenvalue weighted by atomic mass is 10.1. The lowest BCUT2D eigenvalue weighted by Crippen LogP contribution is -2.13. The number of para-hydroxylation sites is 2. The quantitative estimate of drug-likeness (QED) is 0.0521. The van der Waals surface area contributed by atoms with E-state index in [2.05, 4.69) is 9.84 Å². The van der Waals surface area contributed by atoms with Gasteiger partial charge in [0.15, 0.2) is 5.69 Å². The number of aliphatic hydroxyl groups excluding tert-OH is 1. The average molecular weight is 741 g/mol. The van der Waals surface area contributed by atoms with Crippen LogP contribution in [0.3, 0.4) is 0 Å². The third-order valence-electron chi connectivity index (χ3n) is 7.90. The minimum Gasteiger partial charge on any atom is -0.507 e. The first-order valence-corrected chi connectivity index (χ1v) is 16.8. The van der Waals surface area contributed by atoms with Crippen LogP contribution >= 0.6 is 0 Å². The van der Waals surface area contributed by atoms with Crippen LogP contribution in [0.15, 0.2) is 146 Å². The van der Waals surface area contributed by atoms with Gasteiger partial charge in [-0.15, -0.1) is 0 Å². The molecule has 12 nitrogen and oxygen atoms in total. The summed E-state index contributed by atoms with van der Waals surface area (Å²) in [6.45, 7) is 0.681. The Labute approximate surface area is 316 Å². The highest BCUT2D eigenvalue weighted by molar-refractivity contribution is 6.39. The zero-order valence-corrected chi connectivity index (χ0v) is 29.8. The van der Waals surface area contributed by atoms with Gasteiger partial charge in [0.1, 0.15) is 30.5 Å². The Morgan fingerprint density at radius 2 is 1.24 bits per heavy atom. The fraction of sp³-hybridized carbons (Fsp3) is 0.0930. The summed E-state index contributed by atoms with van der Waals surface area (Å²) in [5.74, 6) is -2.99. The van der Waals surface area contributed by atoms with E-state index in [9.17, 15) is 29.4 Å². The second-order valence-electron chi connectivity index (χ2n) is 11.6. The third-order valence-corrected chi connectivity index (χ3v) is 7.90. The lowest BCUT2D eigenvalue weighted by molar-refractivity contribution is -0.149. The maximum Gasteiger partial charge on any atom is 0.378 e. The van der Waals surface area contributed by atoms with Crippen molar-refractivity contribution in [3.8, 4) is 28.4 Å². The molecule has 1 heterocycles. The van der Waals surface area contributed by atoms with Crippen molar-refractivity contribution in [1.29, 1.82) is 0 Å². The highest BCUT2D eigenvalue weighted by atomic mass is 16.5. The molecule has 1 aromatic heterocycles. The molecule has 0 aliphatic carbocycles. The number of carboxylic acids is 1. The van der Waals surface area contributed by atoms with E-state index in [4.69, 9.17) is 14.2 Å². The molecule has 5 aromatic carbocycles. The number of carbonyl (C=O) groups is 4. The molecule has 0 atom stereocenters. The molecule has 0 radical (unpaired) electrons. The zero-order chi connectivity index (χ0) is 39.2. The predicted molar refractivity (Wildman–Crippen MR) is 203 cm³/mol. The summed E-state index contributed by atoms with van der Waals surface area (Å²) in [5, 5.41) is 23.8. The number of ketones is 1. The summed E-state index contributed by atoms with van der Waals surface area (Å²) >= 11 is 0. The number of hydrogen-bond donors (Lipinski definition) is 2. The highest BCUT2D eigenvalue weighted by Gasteiger charge is 2.20. The van der Waals surface area contributed by atoms with Crippen molar-refractivity contribution in [3.05, 3.63) is 174 Å². The minimum atomic E-state index is -1.06. The Morgan fingerprint density at radius 3 is 1.85 bits per heavy atom. The molecule has 0 saturated heterocycles. The third kappa shape index (κ3) is 10.3. The monoisotopic (exact) mass is 740 g/mol. The maximum absolute atomic E-state index is 12.2. The Kier molecular flexibility index (Phi) is 13.3. The molecule has 0 amide bonds. The molecular formula is C43H36N2O10. The topological polar surface area (TPSA) is 163 Å². The van der Waals surface area contributed by atoms with Crippen molar-refractivity contribution < 1.29 is 48.3 Å². The Balaban J connectivity index is 0.000000223. The van der Waals surface area contributed by atoms with Crippen molar-refractivity contribution in [1.82, 2.24) is 9.78 Å². The van der Waals surface area contributed by atoms with Crippen LogP contribution in [0.5, 0.6) is 11.5 Å². The number of hydrogen-bond acceptors (Lipinski definition) is 10. The number of aliphatic hydroxyl groups is 1. The number of methoxy groups -OCH3 is 2. The second kappa shape index (κ2) is 18.9. The molecule has 0 saturated carbocycles. The van der Waals surface area contributed by atoms with Crippen LogP contribution in [0.4, 0.5) is 0 Å². The van der Waals surface area contributed by atoms with Gasteiger partial charge in [-0.2, -0.15) is 5.10 Å². The van der Waals surface area contributed by atoms with Crippen molar-refractivity contribution >= 4 is 29.5 Å². The molecule has 12 heteroatoms. The largest absolute Gasteiger partial charge is 0.507 e. The SMILES string of the molecule is COC(=O)C(=O)C=C(O)c1ccccc1OCc1ccccc1.COC(=O)c1cc(-c2ccccc2OCc2ccccc2)n(-c2cccc(C(=O)O)c2)n1. The smallest absolute Gasteiger partial charge is 0.378 e. The van der Waals surface area contributed by atoms with Crippen LogP contribution in [0.2, 0.25) is 0 Å². The molecule has 55 heavy (non-hydrogen) atoms. The predicted octanol–water partition coefficient (Wildman–Crippen LogP) is 7.51. The molecular weight excluding hydrogens is 704 g/mol. The number of aromatic nitrogens is 2. The van der Waals surface area contributed by atoms with Gasteiger partial charge in [0.2, 0.25) is 0 Å². The molecule has 0 aliphatic rings. The number of rotatable bonds is 13. The van der Waals surface area contributed by atoms with Crippen LogP contribution in [-0.2, 0) is 32.3 Å². The van der Waals surface area contributed by atoms with E-state index in [-0.39, 0.29) is 17.0 Å². The van der Waals surface area contributed by atoms with Crippen molar-refractivity contribution in [2.24, 2.45) is 0 Å². The molecule has 6 aromatic rings. The minimum absolute atomic E-state index is 0.0982. The summed E-state index contributed by atoms with van der Waals surface area (Å²) in [6, 6.07) is 41.3. The molecule has 0 fully saturated rings. The van der Waals surface area contributed by atoms with Gasteiger partial charge in [0, 0.05) is 11.6 Å². The van der Waals surface area contributed by atoms with Crippen LogP contribution in [0, 0.1) is 0 Å². The second-order valence-corrected chi connectivity index (χ2v) is 11.6. The van der Waals surface area contributed by atoms with Crippen molar-refractivity contribution in [2.75, 3.05) is 14.2 Å². The number of aromatic carboxylic acids is 1. The van der Waals surface area contributed by atoms with E-state index in [1.807, 2.05) is 84.9 Å². The van der Waals surface area contributed by atoms with Crippen LogP contribution < -0.4 is 9.47 Å². The van der Waals surface area contributed by atoms with Crippen LogP contribution in [0.25, 0.3) is 22.7 Å². The summed E-state index contributed by atoms with van der Waals surface area (Å²) in [4.78, 5) is 46.3. The number of carboxylic acid groups (broad SMARTS) is 1. The van der Waals surface area contributed by atoms with E-state index in [0.29, 0.717) is 47.2 Å². The van der Waals surface area contributed by atoms with E-state index in [1.54, 1.807) is 42.5 Å². The fourth-order valence-corrected chi connectivity index (χ4v) is 5.19. The zero-order valence-electron chi connectivity index (χ0n) is 29.8. The highest BCUT2D eigenvalue weighted by Crippen LogP contribution is 2.33. The van der Waals surface area contributed by atoms with Gasteiger partial charge in [-0.05, 0) is 59.7 Å². The van der Waals surface area contributed by atoms with Gasteiger partial charge < -0.3 is 29.2 Å². The lowest BCUT2D eigenvalue weighted by Gasteiger charge is -2.13. The first-order valence-electron chi connectivity index (χ1n) is 16.8. The van der Waals surface area contributed by atoms with Crippen LogP contribution in [0.1, 0.15) is 37.5 Å². The number of carbonyl (C=O) groups excluding carboxylic acids is 3. The van der Waals surface area contributed by atoms with Gasteiger partial charge in [0.25, 0.3) is 5.78 Å². The fourth-order valence-electron chi connectivity index (χ4n) is 5.19. The Bertz CT molecular complexity index is 2300. The first kappa shape index (κ1) is 38.8. The number of esters is 2. The summed E-state index contributed by atoms with van der Waals surface area (Å²) < 4.78 is 22.4. The first-order chi connectivity index (χ1) is 26.7. The summed E-state index contributed by atoms with van der Waals surface area (Å²) in [7, 11) is 2.38. The van der Waals surface area contributed by atoms with Gasteiger partial charge in [0.05, 0.1) is 36.7 Å². The molecule has 0 aliphatic heterocycles. The van der Waals surface area contributed by atoms with Crippen molar-refractivity contribution in [2.45, 2.75) is 13.2 Å². The molecule has 2 N–H and O–H groups in total. The van der Waals surface area contributed by atoms with Crippen LogP contribution in [-0.4, -0.2) is 57.9 Å². The maximum atomic E-state index is 12.2. The molecule has 0 bridgehead atoms. The Hall–Kier alpha value is -7.47. The van der Waals surface area contributed by atoms with Gasteiger partial charge in [-0.1, -0.05) is 91.0 Å². The number of nitrogens with zero attached hydrogens (tertiary/aromatic N) is 2. The summed E-state index contributed by atoms with van der Waals surface area (Å²) in [6.07, 6.45) is 0.816. The standard InChI is InChI=1S/C25H20N2O5.C18H16O5/c1-31-25(30)21-15-22(27(26-21)19-11-7-10-18(14-19)24(28)29)20-12-5-6-13-23(20)32-16-17-8-3-2-4-9-17;1-22-18(21)16(20)11-15(19)14-9-5-6-10-17(14)23-12-13-7-3-2-4-8-13/h2-15H,16H2,1H3,(H,28,29);2-11,19H,12H2,1H3. The molecule has 0 unspecified atom stereocenters. The van der Waals surface area contributed by atoms with E-state index in [0.717, 1.165) is 24.3 Å². The van der Waals surface area contributed by atoms with E-state index >= 15 is 0 Å². The van der Waals surface area contributed by atoms with E-state index in [1.165, 1.54) is 23.9 Å². The van der Waals surface area contributed by atoms with E-state index < -0.39 is 23.7 Å². The van der Waals surface area contributed by atoms with Gasteiger partial charge in [-0.3, -0.25) is 4.79 Å². The summed E-state index contributed by atoms with van der Waals surface area (Å²) in [5.41, 5.74) is 4.27. The van der Waals surface area contributed by atoms with Crippen molar-refractivity contribution in [3.63, 3.8) is 0 Å². The number of ether oxygens (including phenoxy) is 4. The number of benzene rings is 5. The average Bonchev–Trinajstić information content (AvgIpc) is 3.68.